The predicted molar refractivity (Wildman–Crippen MR) is 53.0 cm³/mol. The van der Waals surface area contributed by atoms with Crippen LogP contribution in [0.25, 0.3) is 0 Å². The molecule has 0 spiro atoms. The van der Waals surface area contributed by atoms with Gasteiger partial charge in [-0.2, -0.15) is 0 Å². The zero-order valence-corrected chi connectivity index (χ0v) is 7.37. The van der Waals surface area contributed by atoms with Gasteiger partial charge in [-0.1, -0.05) is 18.7 Å². The maximum absolute atomic E-state index is 5.25. The van der Waals surface area contributed by atoms with Crippen molar-refractivity contribution in [1.29, 1.82) is 0 Å². The fourth-order valence-electron chi connectivity index (χ4n) is 0.554. The van der Waals surface area contributed by atoms with Gasteiger partial charge >= 0.3 is 0 Å². The molecule has 0 bridgehead atoms. The molecule has 0 saturated carbocycles. The molecule has 0 aromatic heterocycles. The standard InChI is InChI=1S/C8H12N2S/c1-4-7(5-6(2)3)10-8(9)11/h4-5H,1-2H2,3H3,(H3,9,10,11)/b7-5+. The van der Waals surface area contributed by atoms with E-state index < -0.39 is 0 Å². The number of rotatable bonds is 3. The summed E-state index contributed by atoms with van der Waals surface area (Å²) >= 11 is 4.64. The molecule has 0 aliphatic heterocycles. The van der Waals surface area contributed by atoms with Gasteiger partial charge in [0, 0.05) is 5.70 Å². The van der Waals surface area contributed by atoms with Crippen molar-refractivity contribution >= 4 is 17.3 Å². The Hall–Kier alpha value is -1.09. The Kier molecular flexibility index (Phi) is 4.22. The first-order valence-corrected chi connectivity index (χ1v) is 3.53. The zero-order valence-electron chi connectivity index (χ0n) is 6.55. The lowest BCUT2D eigenvalue weighted by Gasteiger charge is -2.03. The van der Waals surface area contributed by atoms with Crippen LogP contribution in [0, 0.1) is 0 Å². The van der Waals surface area contributed by atoms with E-state index in [0.717, 1.165) is 11.3 Å². The number of nitrogens with two attached hydrogens (primary N) is 1. The molecule has 3 N–H and O–H groups in total. The molecule has 0 aromatic rings. The second-order valence-electron chi connectivity index (χ2n) is 2.14. The van der Waals surface area contributed by atoms with Gasteiger partial charge in [0.25, 0.3) is 0 Å². The van der Waals surface area contributed by atoms with E-state index in [-0.39, 0.29) is 5.11 Å². The first-order valence-electron chi connectivity index (χ1n) is 3.12. The van der Waals surface area contributed by atoms with Crippen LogP contribution in [0.5, 0.6) is 0 Å². The summed E-state index contributed by atoms with van der Waals surface area (Å²) in [6, 6.07) is 0. The molecular formula is C8H12N2S. The minimum absolute atomic E-state index is 0.234. The number of thiocarbonyl (C=S) groups is 1. The second-order valence-corrected chi connectivity index (χ2v) is 2.58. The van der Waals surface area contributed by atoms with Gasteiger partial charge < -0.3 is 11.1 Å². The highest BCUT2D eigenvalue weighted by Crippen LogP contribution is 1.96. The fraction of sp³-hybridized carbons (Fsp3) is 0.125. The number of allylic oxidation sites excluding steroid dienone is 3. The third-order valence-corrected chi connectivity index (χ3v) is 0.991. The molecule has 0 fully saturated rings. The molecule has 0 saturated heterocycles. The van der Waals surface area contributed by atoms with E-state index in [9.17, 15) is 0 Å². The van der Waals surface area contributed by atoms with Crippen LogP contribution >= 0.6 is 12.2 Å². The van der Waals surface area contributed by atoms with E-state index in [2.05, 4.69) is 30.7 Å². The molecule has 0 atom stereocenters. The summed E-state index contributed by atoms with van der Waals surface area (Å²) in [6.07, 6.45) is 3.44. The molecule has 0 heterocycles. The molecule has 0 aliphatic carbocycles. The van der Waals surface area contributed by atoms with Crippen LogP contribution in [0.4, 0.5) is 0 Å². The van der Waals surface area contributed by atoms with Crippen molar-refractivity contribution in [2.45, 2.75) is 6.92 Å². The van der Waals surface area contributed by atoms with Crippen molar-refractivity contribution < 1.29 is 0 Å². The van der Waals surface area contributed by atoms with Gasteiger partial charge in [-0.15, -0.1) is 0 Å². The third kappa shape index (κ3) is 5.36. The van der Waals surface area contributed by atoms with E-state index in [4.69, 9.17) is 5.73 Å². The highest BCUT2D eigenvalue weighted by Gasteiger charge is 1.90. The van der Waals surface area contributed by atoms with Crippen LogP contribution in [0.1, 0.15) is 6.92 Å². The lowest BCUT2D eigenvalue weighted by Crippen LogP contribution is -2.27. The summed E-state index contributed by atoms with van der Waals surface area (Å²) in [7, 11) is 0. The Morgan fingerprint density at radius 2 is 2.18 bits per heavy atom. The number of nitrogens with one attached hydrogen (secondary N) is 1. The molecule has 3 heteroatoms. The van der Waals surface area contributed by atoms with Crippen LogP contribution in [0.2, 0.25) is 0 Å². The Bertz CT molecular complexity index is 216. The quantitative estimate of drug-likeness (QED) is 0.495. The topological polar surface area (TPSA) is 38.0 Å². The fourth-order valence-corrected chi connectivity index (χ4v) is 0.672. The SMILES string of the molecule is C=C/C(=C\C(=C)C)NC(N)=S. The minimum atomic E-state index is 0.234. The maximum Gasteiger partial charge on any atom is 0.168 e. The summed E-state index contributed by atoms with van der Waals surface area (Å²) in [5, 5.41) is 2.99. The average Bonchev–Trinajstić information content (AvgIpc) is 1.84. The smallest absolute Gasteiger partial charge is 0.168 e. The van der Waals surface area contributed by atoms with Crippen LogP contribution in [0.15, 0.2) is 36.6 Å². The van der Waals surface area contributed by atoms with Crippen molar-refractivity contribution in [3.05, 3.63) is 36.6 Å². The molecule has 11 heavy (non-hydrogen) atoms. The van der Waals surface area contributed by atoms with Crippen molar-refractivity contribution in [2.24, 2.45) is 5.73 Å². The summed E-state index contributed by atoms with van der Waals surface area (Å²) in [5.41, 5.74) is 6.94. The number of hydrogen-bond acceptors (Lipinski definition) is 1. The zero-order chi connectivity index (χ0) is 8.85. The molecule has 0 unspecified atom stereocenters. The van der Waals surface area contributed by atoms with Crippen molar-refractivity contribution in [2.75, 3.05) is 0 Å². The van der Waals surface area contributed by atoms with Crippen LogP contribution < -0.4 is 11.1 Å². The van der Waals surface area contributed by atoms with Crippen molar-refractivity contribution in [3.8, 4) is 0 Å². The molecular weight excluding hydrogens is 156 g/mol. The van der Waals surface area contributed by atoms with Gasteiger partial charge in [-0.3, -0.25) is 0 Å². The van der Waals surface area contributed by atoms with Crippen LogP contribution in [0.3, 0.4) is 0 Å². The summed E-state index contributed by atoms with van der Waals surface area (Å²) < 4.78 is 0. The van der Waals surface area contributed by atoms with Crippen molar-refractivity contribution in [1.82, 2.24) is 5.32 Å². The summed E-state index contributed by atoms with van der Waals surface area (Å²) in [4.78, 5) is 0. The molecule has 0 aromatic carbocycles. The summed E-state index contributed by atoms with van der Waals surface area (Å²) in [5.74, 6) is 0. The minimum Gasteiger partial charge on any atom is -0.376 e. The van der Waals surface area contributed by atoms with E-state index in [1.54, 1.807) is 6.08 Å². The highest BCUT2D eigenvalue weighted by atomic mass is 32.1. The van der Waals surface area contributed by atoms with Gasteiger partial charge in [-0.05, 0) is 31.3 Å². The number of hydrogen-bond donors (Lipinski definition) is 2. The van der Waals surface area contributed by atoms with E-state index in [1.807, 2.05) is 13.0 Å². The monoisotopic (exact) mass is 168 g/mol. The van der Waals surface area contributed by atoms with E-state index in [1.165, 1.54) is 0 Å². The lowest BCUT2D eigenvalue weighted by atomic mass is 10.3. The Labute approximate surface area is 72.5 Å². The second kappa shape index (κ2) is 4.68. The van der Waals surface area contributed by atoms with Gasteiger partial charge in [0.15, 0.2) is 5.11 Å². The molecule has 2 nitrogen and oxygen atoms in total. The Morgan fingerprint density at radius 1 is 1.64 bits per heavy atom. The molecule has 0 amide bonds. The van der Waals surface area contributed by atoms with Gasteiger partial charge in [0.05, 0.1) is 0 Å². The average molecular weight is 168 g/mol. The molecule has 0 radical (unpaired) electrons. The van der Waals surface area contributed by atoms with Gasteiger partial charge in [0.1, 0.15) is 0 Å². The van der Waals surface area contributed by atoms with Crippen LogP contribution in [-0.4, -0.2) is 5.11 Å². The first kappa shape index (κ1) is 9.91. The lowest BCUT2D eigenvalue weighted by molar-refractivity contribution is 1.18. The summed E-state index contributed by atoms with van der Waals surface area (Å²) in [6.45, 7) is 9.16. The molecule has 0 rings (SSSR count). The first-order chi connectivity index (χ1) is 5.06. The van der Waals surface area contributed by atoms with Crippen LogP contribution in [-0.2, 0) is 0 Å². The predicted octanol–water partition coefficient (Wildman–Crippen LogP) is 1.47. The van der Waals surface area contributed by atoms with Gasteiger partial charge in [-0.25, -0.2) is 0 Å². The Morgan fingerprint density at radius 3 is 2.45 bits per heavy atom. The molecule has 60 valence electrons. The van der Waals surface area contributed by atoms with Gasteiger partial charge in [0.2, 0.25) is 0 Å². The van der Waals surface area contributed by atoms with Crippen molar-refractivity contribution in [3.63, 3.8) is 0 Å². The third-order valence-electron chi connectivity index (χ3n) is 0.889. The van der Waals surface area contributed by atoms with E-state index >= 15 is 0 Å². The maximum atomic E-state index is 5.25. The normalized spacial score (nSPS) is 10.5. The highest BCUT2D eigenvalue weighted by molar-refractivity contribution is 7.80. The van der Waals surface area contributed by atoms with E-state index in [0.29, 0.717) is 0 Å². The largest absolute Gasteiger partial charge is 0.376 e. The molecule has 0 aliphatic rings. The Balaban J connectivity index is 4.28.